The summed E-state index contributed by atoms with van der Waals surface area (Å²) in [4.78, 5) is 12.0. The fourth-order valence-corrected chi connectivity index (χ4v) is 1.75. The summed E-state index contributed by atoms with van der Waals surface area (Å²) in [6, 6.07) is -0.306. The number of hydrogen-bond donors (Lipinski definition) is 2. The molecule has 0 heterocycles. The summed E-state index contributed by atoms with van der Waals surface area (Å²) in [5, 5.41) is 6.13. The highest BCUT2D eigenvalue weighted by molar-refractivity contribution is 5.77. The number of rotatable bonds is 5. The van der Waals surface area contributed by atoms with Gasteiger partial charge in [0, 0.05) is 12.0 Å². The zero-order valence-corrected chi connectivity index (χ0v) is 11.6. The molecule has 0 aliphatic carbocycles. The van der Waals surface area contributed by atoms with Crippen molar-refractivity contribution in [1.29, 1.82) is 0 Å². The van der Waals surface area contributed by atoms with E-state index in [-0.39, 0.29) is 17.4 Å². The molecule has 2 N–H and O–H groups in total. The normalized spacial score (nSPS) is 14.7. The first-order chi connectivity index (χ1) is 7.14. The molecule has 0 aromatic heterocycles. The van der Waals surface area contributed by atoms with Gasteiger partial charge in [-0.1, -0.05) is 13.8 Å². The molecule has 0 aliphatic heterocycles. The molecule has 4 nitrogen and oxygen atoms in total. The topological polar surface area (TPSA) is 50.4 Å². The molecule has 16 heavy (non-hydrogen) atoms. The van der Waals surface area contributed by atoms with Gasteiger partial charge in [-0.3, -0.25) is 4.79 Å². The van der Waals surface area contributed by atoms with Crippen LogP contribution in [0.25, 0.3) is 0 Å². The van der Waals surface area contributed by atoms with Crippen molar-refractivity contribution in [3.63, 3.8) is 0 Å². The van der Waals surface area contributed by atoms with Crippen LogP contribution in [0.2, 0.25) is 0 Å². The van der Waals surface area contributed by atoms with Gasteiger partial charge in [-0.15, -0.1) is 0 Å². The Morgan fingerprint density at radius 1 is 1.19 bits per heavy atom. The third-order valence-electron chi connectivity index (χ3n) is 2.35. The molecule has 0 saturated heterocycles. The molecule has 0 unspecified atom stereocenters. The molecule has 0 rings (SSSR count). The van der Waals surface area contributed by atoms with E-state index in [9.17, 15) is 4.79 Å². The standard InChI is InChI=1S/C12H26N2O2/c1-11(2,3)16-10(15)9(14-7)12(4,5)8-13-6/h9,13-14H,8H2,1-7H3/t9-/m0/s1. The summed E-state index contributed by atoms with van der Waals surface area (Å²) in [7, 11) is 3.66. The number of ether oxygens (including phenoxy) is 1. The number of carbonyl (C=O) groups is 1. The molecular weight excluding hydrogens is 204 g/mol. The number of nitrogens with one attached hydrogen (secondary N) is 2. The molecule has 96 valence electrons. The van der Waals surface area contributed by atoms with Crippen LogP contribution in [-0.2, 0) is 9.53 Å². The largest absolute Gasteiger partial charge is 0.459 e. The van der Waals surface area contributed by atoms with Gasteiger partial charge >= 0.3 is 5.97 Å². The molecule has 0 radical (unpaired) electrons. The third-order valence-corrected chi connectivity index (χ3v) is 2.35. The highest BCUT2D eigenvalue weighted by Crippen LogP contribution is 2.22. The van der Waals surface area contributed by atoms with Crippen LogP contribution in [0.5, 0.6) is 0 Å². The van der Waals surface area contributed by atoms with Crippen LogP contribution in [0.4, 0.5) is 0 Å². The van der Waals surface area contributed by atoms with Gasteiger partial charge in [-0.05, 0) is 34.9 Å². The van der Waals surface area contributed by atoms with Gasteiger partial charge in [0.2, 0.25) is 0 Å². The van der Waals surface area contributed by atoms with Gasteiger partial charge in [0.05, 0.1) is 0 Å². The average Bonchev–Trinajstić information content (AvgIpc) is 1.99. The van der Waals surface area contributed by atoms with E-state index >= 15 is 0 Å². The predicted molar refractivity (Wildman–Crippen MR) is 66.4 cm³/mol. The highest BCUT2D eigenvalue weighted by atomic mass is 16.6. The number of hydrogen-bond acceptors (Lipinski definition) is 4. The van der Waals surface area contributed by atoms with Crippen LogP contribution < -0.4 is 10.6 Å². The van der Waals surface area contributed by atoms with Gasteiger partial charge in [-0.25, -0.2) is 0 Å². The van der Waals surface area contributed by atoms with E-state index in [0.29, 0.717) is 0 Å². The maximum absolute atomic E-state index is 12.0. The van der Waals surface area contributed by atoms with E-state index in [1.807, 2.05) is 41.7 Å². The summed E-state index contributed by atoms with van der Waals surface area (Å²) >= 11 is 0. The molecule has 0 aromatic carbocycles. The molecule has 4 heteroatoms. The Kier molecular flexibility index (Phi) is 5.42. The highest BCUT2D eigenvalue weighted by Gasteiger charge is 2.36. The van der Waals surface area contributed by atoms with Gasteiger partial charge in [0.25, 0.3) is 0 Å². The van der Waals surface area contributed by atoms with E-state index in [4.69, 9.17) is 4.74 Å². The fraction of sp³-hybridized carbons (Fsp3) is 0.917. The monoisotopic (exact) mass is 230 g/mol. The summed E-state index contributed by atoms with van der Waals surface area (Å²) in [5.41, 5.74) is -0.631. The first-order valence-corrected chi connectivity index (χ1v) is 5.69. The van der Waals surface area contributed by atoms with Gasteiger partial charge < -0.3 is 15.4 Å². The lowest BCUT2D eigenvalue weighted by atomic mass is 9.84. The molecule has 0 fully saturated rings. The Hall–Kier alpha value is -0.610. The Labute approximate surface area is 99.1 Å². The molecule has 0 spiro atoms. The van der Waals surface area contributed by atoms with E-state index in [0.717, 1.165) is 6.54 Å². The van der Waals surface area contributed by atoms with Crippen molar-refractivity contribution in [3.05, 3.63) is 0 Å². The Morgan fingerprint density at radius 3 is 2.00 bits per heavy atom. The van der Waals surface area contributed by atoms with Crippen LogP contribution in [0.3, 0.4) is 0 Å². The van der Waals surface area contributed by atoms with Crippen molar-refractivity contribution in [3.8, 4) is 0 Å². The third kappa shape index (κ3) is 4.94. The van der Waals surface area contributed by atoms with Crippen molar-refractivity contribution >= 4 is 5.97 Å². The quantitative estimate of drug-likeness (QED) is 0.696. The first kappa shape index (κ1) is 15.4. The minimum Gasteiger partial charge on any atom is -0.459 e. The Balaban J connectivity index is 4.67. The van der Waals surface area contributed by atoms with Gasteiger partial charge in [0.1, 0.15) is 11.6 Å². The van der Waals surface area contributed by atoms with Crippen molar-refractivity contribution in [2.24, 2.45) is 5.41 Å². The van der Waals surface area contributed by atoms with Crippen molar-refractivity contribution in [2.45, 2.75) is 46.3 Å². The van der Waals surface area contributed by atoms with E-state index in [2.05, 4.69) is 10.6 Å². The second-order valence-electron chi connectivity index (χ2n) is 5.77. The lowest BCUT2D eigenvalue weighted by molar-refractivity contribution is -0.160. The molecule has 0 amide bonds. The summed E-state index contributed by atoms with van der Waals surface area (Å²) < 4.78 is 5.39. The zero-order valence-electron chi connectivity index (χ0n) is 11.6. The second kappa shape index (κ2) is 5.64. The Morgan fingerprint density at radius 2 is 1.69 bits per heavy atom. The van der Waals surface area contributed by atoms with Crippen LogP contribution in [0.15, 0.2) is 0 Å². The maximum Gasteiger partial charge on any atom is 0.324 e. The van der Waals surface area contributed by atoms with E-state index < -0.39 is 5.60 Å². The second-order valence-corrected chi connectivity index (χ2v) is 5.77. The van der Waals surface area contributed by atoms with Crippen molar-refractivity contribution in [1.82, 2.24) is 10.6 Å². The molecule has 0 bridgehead atoms. The minimum atomic E-state index is -0.443. The Bertz CT molecular complexity index is 232. The summed E-state index contributed by atoms with van der Waals surface area (Å²) in [5.74, 6) is -0.199. The zero-order chi connectivity index (χ0) is 13.0. The summed E-state index contributed by atoms with van der Waals surface area (Å²) in [6.45, 7) is 10.5. The number of likely N-dealkylation sites (N-methyl/N-ethyl adjacent to an activating group) is 1. The van der Waals surface area contributed by atoms with Crippen LogP contribution in [0, 0.1) is 5.41 Å². The molecular formula is C12H26N2O2. The van der Waals surface area contributed by atoms with Crippen molar-refractivity contribution in [2.75, 3.05) is 20.6 Å². The molecule has 0 aromatic rings. The smallest absolute Gasteiger partial charge is 0.324 e. The average molecular weight is 230 g/mol. The maximum atomic E-state index is 12.0. The van der Waals surface area contributed by atoms with Gasteiger partial charge in [0.15, 0.2) is 0 Å². The van der Waals surface area contributed by atoms with Crippen LogP contribution in [0.1, 0.15) is 34.6 Å². The fourth-order valence-electron chi connectivity index (χ4n) is 1.75. The summed E-state index contributed by atoms with van der Waals surface area (Å²) in [6.07, 6.45) is 0. The SMILES string of the molecule is CNCC(C)(C)[C@@H](NC)C(=O)OC(C)(C)C. The van der Waals surface area contributed by atoms with E-state index in [1.165, 1.54) is 0 Å². The first-order valence-electron chi connectivity index (χ1n) is 5.69. The lowest BCUT2D eigenvalue weighted by Crippen LogP contribution is -2.52. The van der Waals surface area contributed by atoms with E-state index in [1.54, 1.807) is 7.05 Å². The molecule has 0 saturated carbocycles. The number of esters is 1. The lowest BCUT2D eigenvalue weighted by Gasteiger charge is -2.34. The molecule has 1 atom stereocenters. The minimum absolute atomic E-state index is 0.189. The predicted octanol–water partition coefficient (Wildman–Crippen LogP) is 1.16. The van der Waals surface area contributed by atoms with Crippen LogP contribution >= 0.6 is 0 Å². The van der Waals surface area contributed by atoms with Crippen molar-refractivity contribution < 1.29 is 9.53 Å². The van der Waals surface area contributed by atoms with Gasteiger partial charge in [-0.2, -0.15) is 0 Å². The molecule has 0 aliphatic rings. The van der Waals surface area contributed by atoms with Crippen LogP contribution in [-0.4, -0.2) is 38.3 Å². The number of carbonyl (C=O) groups excluding carboxylic acids is 1.